The molecule has 0 aliphatic heterocycles. The van der Waals surface area contributed by atoms with Crippen LogP contribution in [0, 0.1) is 21.7 Å². The number of aliphatic imine (C=N–C) groups is 1. The SMILES string of the molecule is CN=C(NCCc1cc(F)ccc1F)NCc1cccc([N+](=O)[O-])c1. The van der Waals surface area contributed by atoms with Crippen LogP contribution in [0.15, 0.2) is 47.5 Å². The second-order valence-electron chi connectivity index (χ2n) is 5.27. The standard InChI is InChI=1S/C17H18F2N4O2/c1-20-17(21-8-7-13-10-14(18)5-6-16(13)19)22-11-12-3-2-4-15(9-12)23(24)25/h2-6,9-10H,7-8,11H2,1H3,(H2,20,21,22). The summed E-state index contributed by atoms with van der Waals surface area (Å²) in [6.07, 6.45) is 0.293. The maximum atomic E-state index is 13.6. The molecule has 2 N–H and O–H groups in total. The van der Waals surface area contributed by atoms with Crippen LogP contribution in [0.5, 0.6) is 0 Å². The van der Waals surface area contributed by atoms with E-state index in [9.17, 15) is 18.9 Å². The van der Waals surface area contributed by atoms with E-state index in [1.807, 2.05) is 0 Å². The Morgan fingerprint density at radius 3 is 2.72 bits per heavy atom. The van der Waals surface area contributed by atoms with Gasteiger partial charge in [-0.15, -0.1) is 0 Å². The summed E-state index contributed by atoms with van der Waals surface area (Å²) in [6, 6.07) is 9.60. The number of nitro groups is 1. The molecule has 2 rings (SSSR count). The van der Waals surface area contributed by atoms with Crippen molar-refractivity contribution in [2.45, 2.75) is 13.0 Å². The number of halogens is 2. The second-order valence-corrected chi connectivity index (χ2v) is 5.27. The third kappa shape index (κ3) is 5.52. The zero-order chi connectivity index (χ0) is 18.2. The first-order valence-corrected chi connectivity index (χ1v) is 7.61. The van der Waals surface area contributed by atoms with E-state index in [2.05, 4.69) is 15.6 Å². The second kappa shape index (κ2) is 8.72. The quantitative estimate of drug-likeness (QED) is 0.364. The number of benzene rings is 2. The van der Waals surface area contributed by atoms with Gasteiger partial charge in [-0.2, -0.15) is 0 Å². The molecule has 2 aromatic carbocycles. The van der Waals surface area contributed by atoms with Crippen molar-refractivity contribution in [3.8, 4) is 0 Å². The normalized spacial score (nSPS) is 11.2. The zero-order valence-electron chi connectivity index (χ0n) is 13.6. The van der Waals surface area contributed by atoms with E-state index in [1.165, 1.54) is 12.1 Å². The lowest BCUT2D eigenvalue weighted by atomic mass is 10.1. The number of hydrogen-bond donors (Lipinski definition) is 2. The molecule has 6 nitrogen and oxygen atoms in total. The Morgan fingerprint density at radius 1 is 1.20 bits per heavy atom. The van der Waals surface area contributed by atoms with E-state index in [0.29, 0.717) is 25.5 Å². The first-order valence-electron chi connectivity index (χ1n) is 7.61. The molecule has 0 unspecified atom stereocenters. The average Bonchev–Trinajstić information content (AvgIpc) is 2.61. The Bertz CT molecular complexity index is 781. The molecule has 8 heteroatoms. The van der Waals surface area contributed by atoms with Gasteiger partial charge < -0.3 is 10.6 Å². The van der Waals surface area contributed by atoms with Gasteiger partial charge in [-0.3, -0.25) is 15.1 Å². The topological polar surface area (TPSA) is 79.6 Å². The van der Waals surface area contributed by atoms with Crippen molar-refractivity contribution >= 4 is 11.6 Å². The summed E-state index contributed by atoms with van der Waals surface area (Å²) in [4.78, 5) is 14.3. The highest BCUT2D eigenvalue weighted by Gasteiger charge is 2.07. The average molecular weight is 348 g/mol. The molecule has 0 atom stereocenters. The van der Waals surface area contributed by atoms with Crippen LogP contribution >= 0.6 is 0 Å². The van der Waals surface area contributed by atoms with Gasteiger partial charge in [-0.25, -0.2) is 8.78 Å². The maximum Gasteiger partial charge on any atom is 0.269 e. The van der Waals surface area contributed by atoms with Crippen molar-refractivity contribution in [1.82, 2.24) is 10.6 Å². The molecule has 0 saturated heterocycles. The van der Waals surface area contributed by atoms with Crippen LogP contribution in [0.3, 0.4) is 0 Å². The third-order valence-corrected chi connectivity index (χ3v) is 3.50. The Kier molecular flexibility index (Phi) is 6.39. The number of nitrogens with zero attached hydrogens (tertiary/aromatic N) is 2. The summed E-state index contributed by atoms with van der Waals surface area (Å²) in [5, 5.41) is 16.8. The molecule has 0 spiro atoms. The summed E-state index contributed by atoms with van der Waals surface area (Å²) in [6.45, 7) is 0.699. The van der Waals surface area contributed by atoms with E-state index >= 15 is 0 Å². The van der Waals surface area contributed by atoms with Crippen LogP contribution in [0.2, 0.25) is 0 Å². The van der Waals surface area contributed by atoms with Crippen molar-refractivity contribution in [3.63, 3.8) is 0 Å². The molecule has 0 bridgehead atoms. The molecule has 2 aromatic rings. The van der Waals surface area contributed by atoms with Crippen LogP contribution < -0.4 is 10.6 Å². The highest BCUT2D eigenvalue weighted by atomic mass is 19.1. The molecule has 0 amide bonds. The molecule has 0 aromatic heterocycles. The van der Waals surface area contributed by atoms with Gasteiger partial charge in [0.15, 0.2) is 5.96 Å². The summed E-state index contributed by atoms with van der Waals surface area (Å²) in [5.74, 6) is -0.476. The number of hydrogen-bond acceptors (Lipinski definition) is 3. The van der Waals surface area contributed by atoms with Crippen LogP contribution in [-0.2, 0) is 13.0 Å². The minimum Gasteiger partial charge on any atom is -0.356 e. The lowest BCUT2D eigenvalue weighted by molar-refractivity contribution is -0.384. The van der Waals surface area contributed by atoms with Gasteiger partial charge in [0.25, 0.3) is 5.69 Å². The summed E-state index contributed by atoms with van der Waals surface area (Å²) in [5.41, 5.74) is 1.03. The number of non-ortho nitro benzene ring substituents is 1. The van der Waals surface area contributed by atoms with Crippen LogP contribution in [-0.4, -0.2) is 24.5 Å². The van der Waals surface area contributed by atoms with E-state index < -0.39 is 16.6 Å². The van der Waals surface area contributed by atoms with Gasteiger partial charge in [-0.05, 0) is 35.7 Å². The maximum absolute atomic E-state index is 13.6. The predicted octanol–water partition coefficient (Wildman–Crippen LogP) is 2.78. The molecule has 0 heterocycles. The van der Waals surface area contributed by atoms with E-state index in [4.69, 9.17) is 0 Å². The minimum absolute atomic E-state index is 0.0174. The van der Waals surface area contributed by atoms with Crippen molar-refractivity contribution in [2.24, 2.45) is 4.99 Å². The largest absolute Gasteiger partial charge is 0.356 e. The van der Waals surface area contributed by atoms with E-state index in [0.717, 1.165) is 23.8 Å². The third-order valence-electron chi connectivity index (χ3n) is 3.50. The van der Waals surface area contributed by atoms with E-state index in [1.54, 1.807) is 19.2 Å². The molecule has 132 valence electrons. The molecule has 0 aliphatic rings. The molecule has 0 saturated carbocycles. The Morgan fingerprint density at radius 2 is 2.00 bits per heavy atom. The van der Waals surface area contributed by atoms with Gasteiger partial charge in [0, 0.05) is 32.3 Å². The Labute approximate surface area is 143 Å². The first kappa shape index (κ1) is 18.3. The van der Waals surface area contributed by atoms with Gasteiger partial charge in [0.05, 0.1) is 4.92 Å². The van der Waals surface area contributed by atoms with Crippen molar-refractivity contribution in [2.75, 3.05) is 13.6 Å². The van der Waals surface area contributed by atoms with Crippen molar-refractivity contribution < 1.29 is 13.7 Å². The molecule has 25 heavy (non-hydrogen) atoms. The van der Waals surface area contributed by atoms with Crippen LogP contribution in [0.1, 0.15) is 11.1 Å². The highest BCUT2D eigenvalue weighted by molar-refractivity contribution is 5.79. The molecular weight excluding hydrogens is 330 g/mol. The lowest BCUT2D eigenvalue weighted by Crippen LogP contribution is -2.37. The van der Waals surface area contributed by atoms with Gasteiger partial charge in [-0.1, -0.05) is 12.1 Å². The molecular formula is C17H18F2N4O2. The number of nitrogens with one attached hydrogen (secondary N) is 2. The Hall–Kier alpha value is -3.03. The van der Waals surface area contributed by atoms with Crippen LogP contribution in [0.4, 0.5) is 14.5 Å². The number of rotatable bonds is 6. The van der Waals surface area contributed by atoms with Gasteiger partial charge in [0.2, 0.25) is 0 Å². The summed E-state index contributed by atoms with van der Waals surface area (Å²) >= 11 is 0. The fourth-order valence-corrected chi connectivity index (χ4v) is 2.24. The van der Waals surface area contributed by atoms with E-state index in [-0.39, 0.29) is 11.3 Å². The van der Waals surface area contributed by atoms with Crippen LogP contribution in [0.25, 0.3) is 0 Å². The Balaban J connectivity index is 1.86. The number of guanidine groups is 1. The van der Waals surface area contributed by atoms with Gasteiger partial charge in [0.1, 0.15) is 11.6 Å². The molecule has 0 radical (unpaired) electrons. The fraction of sp³-hybridized carbons (Fsp3) is 0.235. The first-order chi connectivity index (χ1) is 12.0. The minimum atomic E-state index is -0.482. The van der Waals surface area contributed by atoms with Crippen molar-refractivity contribution in [1.29, 1.82) is 0 Å². The smallest absolute Gasteiger partial charge is 0.269 e. The highest BCUT2D eigenvalue weighted by Crippen LogP contribution is 2.13. The monoisotopic (exact) mass is 348 g/mol. The zero-order valence-corrected chi connectivity index (χ0v) is 13.6. The summed E-state index contributed by atoms with van der Waals surface area (Å²) in [7, 11) is 1.57. The number of nitro benzene ring substituents is 1. The predicted molar refractivity (Wildman–Crippen MR) is 91.4 cm³/mol. The molecule has 0 fully saturated rings. The van der Waals surface area contributed by atoms with Gasteiger partial charge >= 0.3 is 0 Å². The summed E-state index contributed by atoms with van der Waals surface area (Å²) < 4.78 is 26.7. The van der Waals surface area contributed by atoms with Crippen molar-refractivity contribution in [3.05, 3.63) is 75.3 Å². The lowest BCUT2D eigenvalue weighted by Gasteiger charge is -2.12. The molecule has 0 aliphatic carbocycles. The fourth-order valence-electron chi connectivity index (χ4n) is 2.24.